The lowest BCUT2D eigenvalue weighted by atomic mass is 9.90. The number of carbonyl (C=O) groups excluding carboxylic acids is 1. The molecule has 2 rings (SSSR count). The van der Waals surface area contributed by atoms with E-state index in [2.05, 4.69) is 0 Å². The van der Waals surface area contributed by atoms with Crippen LogP contribution in [0.1, 0.15) is 28.8 Å². The topological polar surface area (TPSA) is 17.1 Å². The molecule has 0 bridgehead atoms. The molecule has 86 valence electrons. The third kappa shape index (κ3) is 2.85. The van der Waals surface area contributed by atoms with E-state index in [9.17, 15) is 9.18 Å². The van der Waals surface area contributed by atoms with Gasteiger partial charge in [0, 0.05) is 12.0 Å². The van der Waals surface area contributed by atoms with Gasteiger partial charge in [0.15, 0.2) is 0 Å². The van der Waals surface area contributed by atoms with E-state index in [0.29, 0.717) is 24.8 Å². The number of rotatable bonds is 3. The Kier molecular flexibility index (Phi) is 3.64. The van der Waals surface area contributed by atoms with Crippen LogP contribution in [-0.4, -0.2) is 23.5 Å². The van der Waals surface area contributed by atoms with Crippen LogP contribution in [0.25, 0.3) is 0 Å². The van der Waals surface area contributed by atoms with E-state index in [1.807, 2.05) is 23.9 Å². The summed E-state index contributed by atoms with van der Waals surface area (Å²) in [4.78, 5) is 10.5. The van der Waals surface area contributed by atoms with Gasteiger partial charge in [0.1, 0.15) is 12.0 Å². The average Bonchev–Trinajstić information content (AvgIpc) is 2.30. The predicted molar refractivity (Wildman–Crippen MR) is 65.9 cm³/mol. The zero-order valence-corrected chi connectivity index (χ0v) is 9.93. The molecule has 1 aromatic rings. The molecule has 0 spiro atoms. The zero-order chi connectivity index (χ0) is 11.4. The summed E-state index contributed by atoms with van der Waals surface area (Å²) in [5.74, 6) is 1.84. The van der Waals surface area contributed by atoms with Gasteiger partial charge in [-0.3, -0.25) is 4.79 Å². The summed E-state index contributed by atoms with van der Waals surface area (Å²) < 4.78 is 14.4. The maximum absolute atomic E-state index is 14.4. The van der Waals surface area contributed by atoms with E-state index < -0.39 is 5.67 Å². The molecule has 1 saturated heterocycles. The van der Waals surface area contributed by atoms with Crippen molar-refractivity contribution in [1.82, 2.24) is 0 Å². The summed E-state index contributed by atoms with van der Waals surface area (Å²) in [7, 11) is 0. The van der Waals surface area contributed by atoms with Gasteiger partial charge in [0.05, 0.1) is 0 Å². The molecular weight excluding hydrogens is 223 g/mol. The second-order valence-corrected chi connectivity index (χ2v) is 5.52. The maximum Gasteiger partial charge on any atom is 0.150 e. The smallest absolute Gasteiger partial charge is 0.150 e. The standard InChI is InChI=1S/C13H15FOS/c14-13(5-7-16-8-6-13)9-11-1-3-12(10-15)4-2-11/h1-4,10H,5-9H2. The third-order valence-corrected chi connectivity index (χ3v) is 4.01. The Hall–Kier alpha value is -0.830. The third-order valence-electron chi connectivity index (χ3n) is 3.03. The highest BCUT2D eigenvalue weighted by atomic mass is 32.2. The number of carbonyl (C=O) groups is 1. The van der Waals surface area contributed by atoms with Gasteiger partial charge in [-0.05, 0) is 29.9 Å². The van der Waals surface area contributed by atoms with Gasteiger partial charge in [-0.25, -0.2) is 4.39 Å². The first-order valence-corrected chi connectivity index (χ1v) is 6.68. The number of thioether (sulfide) groups is 1. The zero-order valence-electron chi connectivity index (χ0n) is 9.12. The normalized spacial score (nSPS) is 19.3. The molecule has 1 aliphatic heterocycles. The fourth-order valence-corrected chi connectivity index (χ4v) is 3.22. The van der Waals surface area contributed by atoms with E-state index in [1.54, 1.807) is 12.1 Å². The summed E-state index contributed by atoms with van der Waals surface area (Å²) in [6.45, 7) is 0. The second-order valence-electron chi connectivity index (χ2n) is 4.30. The first-order valence-electron chi connectivity index (χ1n) is 5.53. The Morgan fingerprint density at radius 1 is 1.25 bits per heavy atom. The predicted octanol–water partition coefficient (Wildman–Crippen LogP) is 3.28. The summed E-state index contributed by atoms with van der Waals surface area (Å²) >= 11 is 1.83. The van der Waals surface area contributed by atoms with Gasteiger partial charge in [0.25, 0.3) is 0 Å². The maximum atomic E-state index is 14.4. The lowest BCUT2D eigenvalue weighted by Crippen LogP contribution is -2.30. The van der Waals surface area contributed by atoms with Crippen LogP contribution in [0.5, 0.6) is 0 Å². The molecule has 16 heavy (non-hydrogen) atoms. The van der Waals surface area contributed by atoms with Gasteiger partial charge in [-0.2, -0.15) is 11.8 Å². The van der Waals surface area contributed by atoms with E-state index in [1.165, 1.54) is 0 Å². The van der Waals surface area contributed by atoms with Crippen LogP contribution in [0, 0.1) is 0 Å². The van der Waals surface area contributed by atoms with Gasteiger partial charge >= 0.3 is 0 Å². The summed E-state index contributed by atoms with van der Waals surface area (Å²) in [5, 5.41) is 0. The molecule has 0 N–H and O–H groups in total. The van der Waals surface area contributed by atoms with Crippen molar-refractivity contribution < 1.29 is 9.18 Å². The molecule has 3 heteroatoms. The fourth-order valence-electron chi connectivity index (χ4n) is 1.99. The van der Waals surface area contributed by atoms with E-state index in [-0.39, 0.29) is 0 Å². The van der Waals surface area contributed by atoms with E-state index >= 15 is 0 Å². The molecule has 0 radical (unpaired) electrons. The lowest BCUT2D eigenvalue weighted by Gasteiger charge is -2.29. The van der Waals surface area contributed by atoms with Gasteiger partial charge in [-0.15, -0.1) is 0 Å². The second kappa shape index (κ2) is 5.00. The minimum absolute atomic E-state index is 0.479. The Balaban J connectivity index is 2.04. The van der Waals surface area contributed by atoms with Crippen molar-refractivity contribution in [2.24, 2.45) is 0 Å². The SMILES string of the molecule is O=Cc1ccc(CC2(F)CCSCC2)cc1. The molecular formula is C13H15FOS. The minimum atomic E-state index is -1.03. The molecule has 0 aromatic heterocycles. The highest BCUT2D eigenvalue weighted by Gasteiger charge is 2.31. The van der Waals surface area contributed by atoms with Crippen molar-refractivity contribution in [2.75, 3.05) is 11.5 Å². The molecule has 1 aliphatic rings. The van der Waals surface area contributed by atoms with Gasteiger partial charge in [0.2, 0.25) is 0 Å². The molecule has 0 atom stereocenters. The van der Waals surface area contributed by atoms with Crippen LogP contribution in [0.4, 0.5) is 4.39 Å². The monoisotopic (exact) mass is 238 g/mol. The molecule has 0 saturated carbocycles. The van der Waals surface area contributed by atoms with Crippen molar-refractivity contribution >= 4 is 18.0 Å². The molecule has 1 fully saturated rings. The lowest BCUT2D eigenvalue weighted by molar-refractivity contribution is 0.112. The van der Waals surface area contributed by atoms with Crippen molar-refractivity contribution in [3.05, 3.63) is 35.4 Å². The highest BCUT2D eigenvalue weighted by molar-refractivity contribution is 7.99. The fraction of sp³-hybridized carbons (Fsp3) is 0.462. The van der Waals surface area contributed by atoms with Crippen LogP contribution in [0.15, 0.2) is 24.3 Å². The van der Waals surface area contributed by atoms with Crippen LogP contribution in [0.2, 0.25) is 0 Å². The number of alkyl halides is 1. The molecule has 0 aliphatic carbocycles. The summed E-state index contributed by atoms with van der Waals surface area (Å²) in [6, 6.07) is 7.21. The number of aldehydes is 1. The molecule has 0 unspecified atom stereocenters. The van der Waals surface area contributed by atoms with Crippen molar-refractivity contribution in [2.45, 2.75) is 24.9 Å². The van der Waals surface area contributed by atoms with E-state index in [0.717, 1.165) is 23.4 Å². The van der Waals surface area contributed by atoms with Crippen LogP contribution in [-0.2, 0) is 6.42 Å². The number of benzene rings is 1. The number of hydrogen-bond donors (Lipinski definition) is 0. The highest BCUT2D eigenvalue weighted by Crippen LogP contribution is 2.33. The quantitative estimate of drug-likeness (QED) is 0.752. The Morgan fingerprint density at radius 3 is 2.44 bits per heavy atom. The van der Waals surface area contributed by atoms with Crippen molar-refractivity contribution in [3.8, 4) is 0 Å². The Morgan fingerprint density at radius 2 is 1.88 bits per heavy atom. The molecule has 1 heterocycles. The number of halogens is 1. The Bertz CT molecular complexity index is 355. The first-order chi connectivity index (χ1) is 7.72. The van der Waals surface area contributed by atoms with E-state index in [4.69, 9.17) is 0 Å². The van der Waals surface area contributed by atoms with Gasteiger partial charge < -0.3 is 0 Å². The van der Waals surface area contributed by atoms with Crippen molar-refractivity contribution in [1.29, 1.82) is 0 Å². The minimum Gasteiger partial charge on any atom is -0.298 e. The van der Waals surface area contributed by atoms with Crippen molar-refractivity contribution in [3.63, 3.8) is 0 Å². The van der Waals surface area contributed by atoms with Crippen LogP contribution in [0.3, 0.4) is 0 Å². The molecule has 1 nitrogen and oxygen atoms in total. The molecule has 1 aromatic carbocycles. The van der Waals surface area contributed by atoms with Gasteiger partial charge in [-0.1, -0.05) is 24.3 Å². The molecule has 0 amide bonds. The number of hydrogen-bond acceptors (Lipinski definition) is 2. The largest absolute Gasteiger partial charge is 0.298 e. The summed E-state index contributed by atoms with van der Waals surface area (Å²) in [5.41, 5.74) is 0.601. The van der Waals surface area contributed by atoms with Crippen LogP contribution < -0.4 is 0 Å². The van der Waals surface area contributed by atoms with Crippen LogP contribution >= 0.6 is 11.8 Å². The average molecular weight is 238 g/mol. The first kappa shape index (κ1) is 11.6. The Labute approximate surface area is 99.4 Å². The summed E-state index contributed by atoms with van der Waals surface area (Å²) in [6.07, 6.45) is 2.58.